The van der Waals surface area contributed by atoms with Crippen LogP contribution in [0.2, 0.25) is 0 Å². The predicted octanol–water partition coefficient (Wildman–Crippen LogP) is 2.14. The van der Waals surface area contributed by atoms with Crippen molar-refractivity contribution in [2.75, 3.05) is 46.4 Å². The Labute approximate surface area is 174 Å². The highest BCUT2D eigenvalue weighted by Gasteiger charge is 2.33. The maximum absolute atomic E-state index is 9.66. The molecule has 2 saturated heterocycles. The largest absolute Gasteiger partial charge is 0.396 e. The van der Waals surface area contributed by atoms with Gasteiger partial charge in [0.15, 0.2) is 0 Å². The monoisotopic (exact) mass is 397 g/mol. The first-order valence-corrected chi connectivity index (χ1v) is 11.0. The Balaban J connectivity index is 1.40. The van der Waals surface area contributed by atoms with Crippen molar-refractivity contribution >= 4 is 0 Å². The van der Waals surface area contributed by atoms with Crippen molar-refractivity contribution < 1.29 is 5.11 Å². The van der Waals surface area contributed by atoms with Crippen LogP contribution in [0.1, 0.15) is 30.4 Å². The zero-order chi connectivity index (χ0) is 20.2. The van der Waals surface area contributed by atoms with Crippen LogP contribution in [-0.2, 0) is 6.54 Å². The second kappa shape index (κ2) is 9.39. The molecule has 1 aromatic carbocycles. The minimum Gasteiger partial charge on any atom is -0.396 e. The fraction of sp³-hybridized carbons (Fsp3) is 0.609. The average Bonchev–Trinajstić information content (AvgIpc) is 3.26. The standard InChI is InChI=1S/C23H35N5O/c1-19-16-22(28-10-3-9-24-28)5-4-20(19)17-26-13-14-27(23(18-26)8-15-29)21-6-11-25(2)12-7-21/h3-5,9-10,16,21,23,29H,6-8,11-15,17-18H2,1-2H3/t23-/m1/s1. The van der Waals surface area contributed by atoms with E-state index in [1.54, 1.807) is 0 Å². The Kier molecular flexibility index (Phi) is 6.65. The van der Waals surface area contributed by atoms with Crippen LogP contribution < -0.4 is 0 Å². The lowest BCUT2D eigenvalue weighted by Crippen LogP contribution is -2.58. The fourth-order valence-corrected chi connectivity index (χ4v) is 4.95. The van der Waals surface area contributed by atoms with Gasteiger partial charge in [-0.1, -0.05) is 6.07 Å². The molecule has 0 unspecified atom stereocenters. The zero-order valence-electron chi connectivity index (χ0n) is 17.9. The molecule has 2 fully saturated rings. The number of hydrogen-bond donors (Lipinski definition) is 1. The Hall–Kier alpha value is -1.73. The van der Waals surface area contributed by atoms with Gasteiger partial charge in [-0.25, -0.2) is 4.68 Å². The van der Waals surface area contributed by atoms with Crippen LogP contribution in [-0.4, -0.2) is 88.0 Å². The van der Waals surface area contributed by atoms with E-state index in [-0.39, 0.29) is 6.61 Å². The number of aromatic nitrogens is 2. The van der Waals surface area contributed by atoms with E-state index in [0.29, 0.717) is 12.1 Å². The molecular formula is C23H35N5O. The smallest absolute Gasteiger partial charge is 0.0648 e. The average molecular weight is 398 g/mol. The van der Waals surface area contributed by atoms with Gasteiger partial charge in [0.25, 0.3) is 0 Å². The first-order valence-electron chi connectivity index (χ1n) is 11.0. The molecule has 2 aromatic rings. The molecule has 2 aliphatic rings. The van der Waals surface area contributed by atoms with E-state index in [9.17, 15) is 5.11 Å². The molecule has 158 valence electrons. The van der Waals surface area contributed by atoms with E-state index in [1.165, 1.54) is 37.1 Å². The van der Waals surface area contributed by atoms with Crippen LogP contribution in [0.4, 0.5) is 0 Å². The third kappa shape index (κ3) is 4.89. The number of hydrogen-bond acceptors (Lipinski definition) is 5. The molecule has 1 aromatic heterocycles. The SMILES string of the molecule is Cc1cc(-n2cccn2)ccc1CN1CCN(C2CCN(C)CC2)[C@H](CCO)C1. The summed E-state index contributed by atoms with van der Waals surface area (Å²) in [6.45, 7) is 9.11. The van der Waals surface area contributed by atoms with Crippen molar-refractivity contribution in [2.24, 2.45) is 0 Å². The van der Waals surface area contributed by atoms with Crippen molar-refractivity contribution in [3.63, 3.8) is 0 Å². The highest BCUT2D eigenvalue weighted by molar-refractivity contribution is 5.39. The number of rotatable bonds is 6. The summed E-state index contributed by atoms with van der Waals surface area (Å²) >= 11 is 0. The highest BCUT2D eigenvalue weighted by atomic mass is 16.3. The van der Waals surface area contributed by atoms with Crippen molar-refractivity contribution in [3.05, 3.63) is 47.8 Å². The molecule has 0 bridgehead atoms. The molecule has 0 amide bonds. The Bertz CT molecular complexity index is 770. The fourth-order valence-electron chi connectivity index (χ4n) is 4.95. The Morgan fingerprint density at radius 3 is 2.66 bits per heavy atom. The summed E-state index contributed by atoms with van der Waals surface area (Å²) in [5, 5.41) is 14.0. The highest BCUT2D eigenvalue weighted by Crippen LogP contribution is 2.24. The van der Waals surface area contributed by atoms with Crippen LogP contribution in [0.25, 0.3) is 5.69 Å². The van der Waals surface area contributed by atoms with E-state index < -0.39 is 0 Å². The summed E-state index contributed by atoms with van der Waals surface area (Å²) in [6.07, 6.45) is 7.18. The summed E-state index contributed by atoms with van der Waals surface area (Å²) < 4.78 is 1.91. The number of benzene rings is 1. The maximum atomic E-state index is 9.66. The third-order valence-corrected chi connectivity index (χ3v) is 6.72. The lowest BCUT2D eigenvalue weighted by Gasteiger charge is -2.47. The van der Waals surface area contributed by atoms with Crippen LogP contribution in [0.3, 0.4) is 0 Å². The molecule has 0 saturated carbocycles. The zero-order valence-corrected chi connectivity index (χ0v) is 17.9. The minimum atomic E-state index is 0.277. The number of nitrogens with zero attached hydrogens (tertiary/aromatic N) is 5. The normalized spacial score (nSPS) is 22.9. The van der Waals surface area contributed by atoms with Gasteiger partial charge in [0.1, 0.15) is 0 Å². The molecule has 2 aliphatic heterocycles. The molecule has 4 rings (SSSR count). The van der Waals surface area contributed by atoms with Gasteiger partial charge in [-0.2, -0.15) is 5.10 Å². The summed E-state index contributed by atoms with van der Waals surface area (Å²) in [4.78, 5) is 7.71. The molecular weight excluding hydrogens is 362 g/mol. The van der Waals surface area contributed by atoms with Crippen molar-refractivity contribution in [3.8, 4) is 5.69 Å². The van der Waals surface area contributed by atoms with E-state index in [4.69, 9.17) is 0 Å². The summed E-state index contributed by atoms with van der Waals surface area (Å²) in [5.41, 5.74) is 3.81. The number of aryl methyl sites for hydroxylation is 1. The maximum Gasteiger partial charge on any atom is 0.0648 e. The Morgan fingerprint density at radius 1 is 1.14 bits per heavy atom. The van der Waals surface area contributed by atoms with Gasteiger partial charge in [-0.05, 0) is 75.6 Å². The van der Waals surface area contributed by atoms with Crippen LogP contribution in [0.5, 0.6) is 0 Å². The summed E-state index contributed by atoms with van der Waals surface area (Å²) in [6, 6.07) is 9.73. The summed E-state index contributed by atoms with van der Waals surface area (Å²) in [7, 11) is 2.22. The number of piperazine rings is 1. The van der Waals surface area contributed by atoms with Gasteiger partial charge in [-0.15, -0.1) is 0 Å². The van der Waals surface area contributed by atoms with Crippen molar-refractivity contribution in [2.45, 2.75) is 44.8 Å². The van der Waals surface area contributed by atoms with Gasteiger partial charge < -0.3 is 10.0 Å². The molecule has 29 heavy (non-hydrogen) atoms. The van der Waals surface area contributed by atoms with Crippen LogP contribution in [0, 0.1) is 6.92 Å². The van der Waals surface area contributed by atoms with E-state index in [1.807, 2.05) is 23.1 Å². The van der Waals surface area contributed by atoms with Gasteiger partial charge in [0, 0.05) is 57.3 Å². The molecule has 3 heterocycles. The van der Waals surface area contributed by atoms with E-state index >= 15 is 0 Å². The second-order valence-corrected chi connectivity index (χ2v) is 8.73. The van der Waals surface area contributed by atoms with Crippen molar-refractivity contribution in [1.29, 1.82) is 0 Å². The minimum absolute atomic E-state index is 0.277. The lowest BCUT2D eigenvalue weighted by atomic mass is 9.98. The number of aliphatic hydroxyl groups excluding tert-OH is 1. The molecule has 0 spiro atoms. The molecule has 6 heteroatoms. The van der Waals surface area contributed by atoms with E-state index in [0.717, 1.165) is 38.3 Å². The number of piperidine rings is 1. The van der Waals surface area contributed by atoms with Crippen molar-refractivity contribution in [1.82, 2.24) is 24.5 Å². The molecule has 0 aliphatic carbocycles. The summed E-state index contributed by atoms with van der Waals surface area (Å²) in [5.74, 6) is 0. The van der Waals surface area contributed by atoms with Gasteiger partial charge in [0.2, 0.25) is 0 Å². The molecule has 6 nitrogen and oxygen atoms in total. The number of aliphatic hydroxyl groups is 1. The van der Waals surface area contributed by atoms with Gasteiger partial charge >= 0.3 is 0 Å². The molecule has 0 radical (unpaired) electrons. The molecule has 1 N–H and O–H groups in total. The number of likely N-dealkylation sites (tertiary alicyclic amines) is 1. The topological polar surface area (TPSA) is 47.8 Å². The van der Waals surface area contributed by atoms with E-state index in [2.05, 4.69) is 52.0 Å². The predicted molar refractivity (Wildman–Crippen MR) is 116 cm³/mol. The quantitative estimate of drug-likeness (QED) is 0.809. The van der Waals surface area contributed by atoms with Gasteiger partial charge in [0.05, 0.1) is 5.69 Å². The first kappa shape index (κ1) is 20.5. The van der Waals surface area contributed by atoms with Gasteiger partial charge in [-0.3, -0.25) is 9.80 Å². The lowest BCUT2D eigenvalue weighted by molar-refractivity contribution is 0.00594. The Morgan fingerprint density at radius 2 is 1.97 bits per heavy atom. The van der Waals surface area contributed by atoms with Crippen LogP contribution >= 0.6 is 0 Å². The first-order chi connectivity index (χ1) is 14.1. The van der Waals surface area contributed by atoms with Crippen LogP contribution in [0.15, 0.2) is 36.7 Å². The second-order valence-electron chi connectivity index (χ2n) is 8.73. The molecule has 1 atom stereocenters. The third-order valence-electron chi connectivity index (χ3n) is 6.72.